The summed E-state index contributed by atoms with van der Waals surface area (Å²) < 4.78 is 2.47. The molecule has 0 bridgehead atoms. The van der Waals surface area contributed by atoms with Crippen LogP contribution in [0.3, 0.4) is 0 Å². The summed E-state index contributed by atoms with van der Waals surface area (Å²) >= 11 is 3.42. The minimum atomic E-state index is -0.00887. The Labute approximate surface area is 108 Å². The summed E-state index contributed by atoms with van der Waals surface area (Å²) in [4.78, 5) is 11.9. The van der Waals surface area contributed by atoms with Crippen LogP contribution in [0, 0.1) is 0 Å². The van der Waals surface area contributed by atoms with E-state index in [0.29, 0.717) is 13.0 Å². The first-order valence-electron chi connectivity index (χ1n) is 5.37. The van der Waals surface area contributed by atoms with Crippen molar-refractivity contribution in [1.29, 1.82) is 0 Å². The topological polar surface area (TPSA) is 63.8 Å². The van der Waals surface area contributed by atoms with E-state index in [-0.39, 0.29) is 5.56 Å². The number of nitrogens with two attached hydrogens (primary N) is 1. The Morgan fingerprint density at radius 2 is 2.24 bits per heavy atom. The summed E-state index contributed by atoms with van der Waals surface area (Å²) in [6.45, 7) is 0.466. The number of hydrogen-bond acceptors (Lipinski definition) is 2. The number of nitrogens with zero attached hydrogens (tertiary/aromatic N) is 1. The molecule has 0 atom stereocenters. The van der Waals surface area contributed by atoms with E-state index < -0.39 is 0 Å². The minimum Gasteiger partial charge on any atom is -0.330 e. The molecule has 0 aliphatic heterocycles. The summed E-state index contributed by atoms with van der Waals surface area (Å²) in [5.74, 6) is 0. The van der Waals surface area contributed by atoms with E-state index in [9.17, 15) is 4.79 Å². The smallest absolute Gasteiger partial charge is 0.270 e. The average Bonchev–Trinajstić information content (AvgIpc) is 2.58. The second-order valence-corrected chi connectivity index (χ2v) is 4.79. The van der Waals surface area contributed by atoms with Crippen molar-refractivity contribution in [3.05, 3.63) is 44.7 Å². The molecule has 0 spiro atoms. The number of halogens is 1. The number of nitrogens with one attached hydrogen (secondary N) is 1. The van der Waals surface area contributed by atoms with Crippen molar-refractivity contribution in [1.82, 2.24) is 9.78 Å². The van der Waals surface area contributed by atoms with E-state index in [1.807, 2.05) is 24.3 Å². The van der Waals surface area contributed by atoms with E-state index in [4.69, 9.17) is 5.73 Å². The maximum atomic E-state index is 11.9. The van der Waals surface area contributed by atoms with Crippen LogP contribution in [-0.4, -0.2) is 16.3 Å². The van der Waals surface area contributed by atoms with E-state index in [1.54, 1.807) is 7.05 Å². The molecule has 0 saturated heterocycles. The molecule has 0 aliphatic rings. The lowest BCUT2D eigenvalue weighted by Crippen LogP contribution is -2.17. The van der Waals surface area contributed by atoms with Crippen molar-refractivity contribution in [2.75, 3.05) is 6.54 Å². The Morgan fingerprint density at radius 1 is 1.47 bits per heavy atom. The lowest BCUT2D eigenvalue weighted by atomic mass is 10.1. The number of H-pyrrole nitrogens is 1. The molecule has 1 aromatic carbocycles. The van der Waals surface area contributed by atoms with Gasteiger partial charge in [0.1, 0.15) is 0 Å². The van der Waals surface area contributed by atoms with Crippen LogP contribution in [0.25, 0.3) is 11.3 Å². The summed E-state index contributed by atoms with van der Waals surface area (Å²) in [7, 11) is 1.71. The third-order valence-corrected chi connectivity index (χ3v) is 3.14. The Morgan fingerprint density at radius 3 is 2.88 bits per heavy atom. The monoisotopic (exact) mass is 295 g/mol. The highest BCUT2D eigenvalue weighted by atomic mass is 79.9. The molecule has 0 aliphatic carbocycles. The third-order valence-electron chi connectivity index (χ3n) is 2.65. The Balaban J connectivity index is 2.59. The maximum Gasteiger partial charge on any atom is 0.270 e. The van der Waals surface area contributed by atoms with E-state index >= 15 is 0 Å². The van der Waals surface area contributed by atoms with Crippen LogP contribution in [0.15, 0.2) is 33.5 Å². The number of rotatable bonds is 3. The third kappa shape index (κ3) is 2.35. The van der Waals surface area contributed by atoms with Gasteiger partial charge in [-0.15, -0.1) is 0 Å². The first kappa shape index (κ1) is 12.1. The molecule has 17 heavy (non-hydrogen) atoms. The summed E-state index contributed by atoms with van der Waals surface area (Å²) in [6.07, 6.45) is 0.581. The summed E-state index contributed by atoms with van der Waals surface area (Å²) in [5.41, 5.74) is 8.12. The van der Waals surface area contributed by atoms with Crippen LogP contribution >= 0.6 is 15.9 Å². The highest BCUT2D eigenvalue weighted by Crippen LogP contribution is 2.23. The fraction of sp³-hybridized carbons (Fsp3) is 0.250. The predicted molar refractivity (Wildman–Crippen MR) is 71.9 cm³/mol. The summed E-state index contributed by atoms with van der Waals surface area (Å²) in [6, 6.07) is 7.84. The van der Waals surface area contributed by atoms with Gasteiger partial charge in [-0.3, -0.25) is 14.6 Å². The Kier molecular flexibility index (Phi) is 3.49. The second-order valence-electron chi connectivity index (χ2n) is 3.88. The lowest BCUT2D eigenvalue weighted by Gasteiger charge is -2.02. The van der Waals surface area contributed by atoms with Crippen molar-refractivity contribution in [2.45, 2.75) is 6.42 Å². The molecule has 1 aromatic heterocycles. The SMILES string of the molecule is Cn1[nH]c(-c2cccc(Br)c2)c(CCN)c1=O. The van der Waals surface area contributed by atoms with Crippen molar-refractivity contribution in [3.63, 3.8) is 0 Å². The number of hydrogen-bond donors (Lipinski definition) is 2. The van der Waals surface area contributed by atoms with Gasteiger partial charge >= 0.3 is 0 Å². The van der Waals surface area contributed by atoms with Gasteiger partial charge in [0.15, 0.2) is 0 Å². The van der Waals surface area contributed by atoms with E-state index in [2.05, 4.69) is 21.0 Å². The van der Waals surface area contributed by atoms with Gasteiger partial charge in [0.05, 0.1) is 5.69 Å². The molecular formula is C12H14BrN3O. The molecule has 0 fully saturated rings. The van der Waals surface area contributed by atoms with Crippen LogP contribution in [0.1, 0.15) is 5.56 Å². The van der Waals surface area contributed by atoms with Gasteiger partial charge in [-0.2, -0.15) is 0 Å². The van der Waals surface area contributed by atoms with Crippen molar-refractivity contribution in [3.8, 4) is 11.3 Å². The van der Waals surface area contributed by atoms with Crippen molar-refractivity contribution < 1.29 is 0 Å². The maximum absolute atomic E-state index is 11.9. The Bertz CT molecular complexity index is 586. The fourth-order valence-corrected chi connectivity index (χ4v) is 2.25. The van der Waals surface area contributed by atoms with Gasteiger partial charge in [0.25, 0.3) is 5.56 Å². The molecule has 5 heteroatoms. The van der Waals surface area contributed by atoms with Gasteiger partial charge in [-0.05, 0) is 25.1 Å². The molecule has 2 rings (SSSR count). The quantitative estimate of drug-likeness (QED) is 0.904. The van der Waals surface area contributed by atoms with Crippen LogP contribution < -0.4 is 11.3 Å². The molecule has 0 saturated carbocycles. The van der Waals surface area contributed by atoms with Gasteiger partial charge < -0.3 is 5.73 Å². The van der Waals surface area contributed by atoms with Gasteiger partial charge in [0.2, 0.25) is 0 Å². The second kappa shape index (κ2) is 4.89. The molecule has 0 unspecified atom stereocenters. The van der Waals surface area contributed by atoms with Gasteiger partial charge in [-0.25, -0.2) is 0 Å². The zero-order chi connectivity index (χ0) is 12.4. The van der Waals surface area contributed by atoms with Crippen LogP contribution in [0.2, 0.25) is 0 Å². The largest absolute Gasteiger partial charge is 0.330 e. The molecule has 90 valence electrons. The minimum absolute atomic E-state index is 0.00887. The number of aromatic amines is 1. The van der Waals surface area contributed by atoms with Gasteiger partial charge in [-0.1, -0.05) is 28.1 Å². The van der Waals surface area contributed by atoms with Crippen LogP contribution in [0.4, 0.5) is 0 Å². The molecule has 0 amide bonds. The van der Waals surface area contributed by atoms with Crippen LogP contribution in [-0.2, 0) is 13.5 Å². The normalized spacial score (nSPS) is 10.8. The molecule has 4 nitrogen and oxygen atoms in total. The van der Waals surface area contributed by atoms with Crippen molar-refractivity contribution in [2.24, 2.45) is 12.8 Å². The zero-order valence-corrected chi connectivity index (χ0v) is 11.1. The zero-order valence-electron chi connectivity index (χ0n) is 9.53. The number of aryl methyl sites for hydroxylation is 1. The van der Waals surface area contributed by atoms with E-state index in [1.165, 1.54) is 4.68 Å². The standard InChI is InChI=1S/C12H14BrN3O/c1-16-12(17)10(5-6-14)11(15-16)8-3-2-4-9(13)7-8/h2-4,7,15H,5-6,14H2,1H3. The number of benzene rings is 1. The number of aromatic nitrogens is 2. The summed E-state index contributed by atoms with van der Waals surface area (Å²) in [5, 5.41) is 3.07. The molecular weight excluding hydrogens is 282 g/mol. The van der Waals surface area contributed by atoms with Crippen LogP contribution in [0.5, 0.6) is 0 Å². The average molecular weight is 296 g/mol. The molecule has 3 N–H and O–H groups in total. The molecule has 2 aromatic rings. The Hall–Kier alpha value is -1.33. The lowest BCUT2D eigenvalue weighted by molar-refractivity contribution is 0.739. The first-order valence-corrected chi connectivity index (χ1v) is 6.16. The highest BCUT2D eigenvalue weighted by Gasteiger charge is 2.13. The molecule has 1 heterocycles. The highest BCUT2D eigenvalue weighted by molar-refractivity contribution is 9.10. The molecule has 0 radical (unpaired) electrons. The predicted octanol–water partition coefficient (Wildman–Crippen LogP) is 1.64. The first-order chi connectivity index (χ1) is 8.13. The van der Waals surface area contributed by atoms with E-state index in [0.717, 1.165) is 21.3 Å². The van der Waals surface area contributed by atoms with Gasteiger partial charge in [0, 0.05) is 22.6 Å². The fourth-order valence-electron chi connectivity index (χ4n) is 1.85. The van der Waals surface area contributed by atoms with Crippen molar-refractivity contribution >= 4 is 15.9 Å².